The van der Waals surface area contributed by atoms with Crippen molar-refractivity contribution in [1.29, 1.82) is 0 Å². The SMILES string of the molecule is COc1c(Br)cc(C(=O)OC(=O)c2ccccc2)cc1Br. The normalized spacial score (nSPS) is 10.0. The van der Waals surface area contributed by atoms with E-state index in [1.807, 2.05) is 0 Å². The molecule has 0 heterocycles. The van der Waals surface area contributed by atoms with Crippen molar-refractivity contribution >= 4 is 43.8 Å². The molecule has 0 fully saturated rings. The first-order valence-electron chi connectivity index (χ1n) is 5.87. The minimum absolute atomic E-state index is 0.235. The highest BCUT2D eigenvalue weighted by molar-refractivity contribution is 9.11. The number of benzene rings is 2. The van der Waals surface area contributed by atoms with Crippen molar-refractivity contribution in [2.75, 3.05) is 7.11 Å². The van der Waals surface area contributed by atoms with Crippen molar-refractivity contribution in [2.45, 2.75) is 0 Å². The van der Waals surface area contributed by atoms with Crippen LogP contribution in [-0.4, -0.2) is 19.0 Å². The first kappa shape index (κ1) is 15.7. The molecule has 2 aromatic carbocycles. The molecule has 108 valence electrons. The van der Waals surface area contributed by atoms with Crippen LogP contribution in [0.15, 0.2) is 51.4 Å². The van der Waals surface area contributed by atoms with Gasteiger partial charge in [-0.1, -0.05) is 18.2 Å². The van der Waals surface area contributed by atoms with Crippen LogP contribution >= 0.6 is 31.9 Å². The lowest BCUT2D eigenvalue weighted by molar-refractivity contribution is 0.0397. The first-order valence-corrected chi connectivity index (χ1v) is 7.46. The number of methoxy groups -OCH3 is 1. The molecule has 0 amide bonds. The van der Waals surface area contributed by atoms with E-state index in [0.29, 0.717) is 20.3 Å². The molecule has 0 aromatic heterocycles. The number of carbonyl (C=O) groups excluding carboxylic acids is 2. The zero-order valence-electron chi connectivity index (χ0n) is 10.9. The van der Waals surface area contributed by atoms with Gasteiger partial charge in [0, 0.05) is 0 Å². The van der Waals surface area contributed by atoms with Crippen molar-refractivity contribution in [3.8, 4) is 5.75 Å². The highest BCUT2D eigenvalue weighted by Crippen LogP contribution is 2.34. The summed E-state index contributed by atoms with van der Waals surface area (Å²) in [6, 6.07) is 11.4. The number of carbonyl (C=O) groups is 2. The van der Waals surface area contributed by atoms with E-state index in [-0.39, 0.29) is 5.56 Å². The van der Waals surface area contributed by atoms with Crippen molar-refractivity contribution < 1.29 is 19.1 Å². The molecule has 0 spiro atoms. The fourth-order valence-corrected chi connectivity index (χ4v) is 3.16. The molecule has 2 aromatic rings. The Labute approximate surface area is 138 Å². The molecule has 0 radical (unpaired) electrons. The number of hydrogen-bond donors (Lipinski definition) is 0. The van der Waals surface area contributed by atoms with Crippen molar-refractivity contribution in [3.63, 3.8) is 0 Å². The Morgan fingerprint density at radius 3 is 1.95 bits per heavy atom. The molecule has 0 unspecified atom stereocenters. The van der Waals surface area contributed by atoms with Crippen LogP contribution in [0.4, 0.5) is 0 Å². The fraction of sp³-hybridized carbons (Fsp3) is 0.0667. The third-order valence-electron chi connectivity index (χ3n) is 2.63. The number of hydrogen-bond acceptors (Lipinski definition) is 4. The predicted molar refractivity (Wildman–Crippen MR) is 84.6 cm³/mol. The topological polar surface area (TPSA) is 52.6 Å². The summed E-state index contributed by atoms with van der Waals surface area (Å²) in [7, 11) is 1.52. The van der Waals surface area contributed by atoms with Gasteiger partial charge in [0.1, 0.15) is 5.75 Å². The van der Waals surface area contributed by atoms with Crippen LogP contribution in [0.1, 0.15) is 20.7 Å². The summed E-state index contributed by atoms with van der Waals surface area (Å²) >= 11 is 6.58. The molecule has 4 nitrogen and oxygen atoms in total. The average Bonchev–Trinajstić information content (AvgIpc) is 2.47. The largest absolute Gasteiger partial charge is 0.494 e. The Kier molecular flexibility index (Phi) is 5.14. The van der Waals surface area contributed by atoms with Crippen molar-refractivity contribution in [2.24, 2.45) is 0 Å². The van der Waals surface area contributed by atoms with E-state index in [1.165, 1.54) is 19.2 Å². The summed E-state index contributed by atoms with van der Waals surface area (Å²) in [4.78, 5) is 23.8. The van der Waals surface area contributed by atoms with Gasteiger partial charge in [0.05, 0.1) is 27.2 Å². The quantitative estimate of drug-likeness (QED) is 0.558. The molecule has 0 N–H and O–H groups in total. The van der Waals surface area contributed by atoms with Gasteiger partial charge in [0.15, 0.2) is 0 Å². The number of rotatable bonds is 3. The van der Waals surface area contributed by atoms with Gasteiger partial charge in [-0.25, -0.2) is 9.59 Å². The fourth-order valence-electron chi connectivity index (χ4n) is 1.65. The van der Waals surface area contributed by atoms with E-state index in [4.69, 9.17) is 9.47 Å². The third kappa shape index (κ3) is 3.71. The highest BCUT2D eigenvalue weighted by atomic mass is 79.9. The van der Waals surface area contributed by atoms with E-state index < -0.39 is 11.9 Å². The van der Waals surface area contributed by atoms with Gasteiger partial charge in [-0.15, -0.1) is 0 Å². The van der Waals surface area contributed by atoms with Crippen LogP contribution in [0.25, 0.3) is 0 Å². The Morgan fingerprint density at radius 2 is 1.43 bits per heavy atom. The zero-order chi connectivity index (χ0) is 15.4. The number of esters is 2. The summed E-state index contributed by atoms with van der Waals surface area (Å²) in [5.74, 6) is -0.863. The minimum atomic E-state index is -0.729. The molecule has 0 aliphatic heterocycles. The van der Waals surface area contributed by atoms with E-state index in [0.717, 1.165) is 0 Å². The Hall–Kier alpha value is -1.66. The van der Waals surface area contributed by atoms with Gasteiger partial charge >= 0.3 is 11.9 Å². The van der Waals surface area contributed by atoms with Crippen molar-refractivity contribution in [3.05, 3.63) is 62.5 Å². The standard InChI is InChI=1S/C15H10Br2O4/c1-20-13-11(16)7-10(8-12(13)17)15(19)21-14(18)9-5-3-2-4-6-9/h2-8H,1H3. The van der Waals surface area contributed by atoms with E-state index >= 15 is 0 Å². The molecule has 0 saturated heterocycles. The second-order valence-corrected chi connectivity index (χ2v) is 5.72. The zero-order valence-corrected chi connectivity index (χ0v) is 14.1. The van der Waals surface area contributed by atoms with Gasteiger partial charge in [-0.2, -0.15) is 0 Å². The molecule has 21 heavy (non-hydrogen) atoms. The van der Waals surface area contributed by atoms with Crippen LogP contribution in [0.3, 0.4) is 0 Å². The lowest BCUT2D eigenvalue weighted by atomic mass is 10.2. The summed E-state index contributed by atoms with van der Waals surface area (Å²) in [5.41, 5.74) is 0.552. The lowest BCUT2D eigenvalue weighted by Gasteiger charge is -2.08. The lowest BCUT2D eigenvalue weighted by Crippen LogP contribution is -2.13. The summed E-state index contributed by atoms with van der Waals surface area (Å²) in [6.45, 7) is 0. The van der Waals surface area contributed by atoms with Gasteiger partial charge < -0.3 is 9.47 Å². The van der Waals surface area contributed by atoms with E-state index in [2.05, 4.69) is 31.9 Å². The third-order valence-corrected chi connectivity index (χ3v) is 3.81. The second kappa shape index (κ2) is 6.87. The summed E-state index contributed by atoms with van der Waals surface area (Å²) < 4.78 is 11.2. The van der Waals surface area contributed by atoms with Crippen molar-refractivity contribution in [1.82, 2.24) is 0 Å². The molecular formula is C15H10Br2O4. The van der Waals surface area contributed by atoms with Crippen LogP contribution in [0.5, 0.6) is 5.75 Å². The molecule has 0 atom stereocenters. The molecule has 2 rings (SSSR count). The Balaban J connectivity index is 2.20. The highest BCUT2D eigenvalue weighted by Gasteiger charge is 2.17. The van der Waals surface area contributed by atoms with E-state index in [9.17, 15) is 9.59 Å². The van der Waals surface area contributed by atoms with Gasteiger partial charge in [-0.3, -0.25) is 0 Å². The van der Waals surface area contributed by atoms with Gasteiger partial charge in [-0.05, 0) is 56.1 Å². The summed E-state index contributed by atoms with van der Waals surface area (Å²) in [5, 5.41) is 0. The van der Waals surface area contributed by atoms with E-state index in [1.54, 1.807) is 30.3 Å². The molecule has 0 aliphatic rings. The predicted octanol–water partition coefficient (Wildman–Crippen LogP) is 4.22. The maximum atomic E-state index is 12.0. The first-order chi connectivity index (χ1) is 10.0. The van der Waals surface area contributed by atoms with Crippen LogP contribution in [-0.2, 0) is 4.74 Å². The second-order valence-electron chi connectivity index (χ2n) is 4.02. The van der Waals surface area contributed by atoms with Gasteiger partial charge in [0.2, 0.25) is 0 Å². The van der Waals surface area contributed by atoms with Gasteiger partial charge in [0.25, 0.3) is 0 Å². The molecule has 0 bridgehead atoms. The Morgan fingerprint density at radius 1 is 0.905 bits per heavy atom. The Bertz CT molecular complexity index is 660. The monoisotopic (exact) mass is 412 g/mol. The van der Waals surface area contributed by atoms with Crippen LogP contribution in [0.2, 0.25) is 0 Å². The number of halogens is 2. The maximum Gasteiger partial charge on any atom is 0.346 e. The van der Waals surface area contributed by atoms with Crippen LogP contribution < -0.4 is 4.74 Å². The molecule has 0 saturated carbocycles. The molecule has 0 aliphatic carbocycles. The molecule has 6 heteroatoms. The minimum Gasteiger partial charge on any atom is -0.494 e. The summed E-state index contributed by atoms with van der Waals surface area (Å²) in [6.07, 6.45) is 0. The smallest absolute Gasteiger partial charge is 0.346 e. The van der Waals surface area contributed by atoms with Crippen LogP contribution in [0, 0.1) is 0 Å². The number of ether oxygens (including phenoxy) is 2. The average molecular weight is 414 g/mol. The maximum absolute atomic E-state index is 12.0. The molecular weight excluding hydrogens is 404 g/mol.